The van der Waals surface area contributed by atoms with E-state index in [-0.39, 0.29) is 22.6 Å². The van der Waals surface area contributed by atoms with Crippen molar-refractivity contribution < 1.29 is 18.0 Å². The molecule has 1 aromatic rings. The number of nitrogens with one attached hydrogen (secondary N) is 2. The second-order valence-electron chi connectivity index (χ2n) is 7.54. The fourth-order valence-electron chi connectivity index (χ4n) is 3.61. The summed E-state index contributed by atoms with van der Waals surface area (Å²) < 4.78 is 28.0. The molecule has 2 N–H and O–H groups in total. The van der Waals surface area contributed by atoms with Crippen LogP contribution in [0.2, 0.25) is 0 Å². The van der Waals surface area contributed by atoms with Crippen LogP contribution in [0.1, 0.15) is 45.4 Å². The van der Waals surface area contributed by atoms with E-state index in [2.05, 4.69) is 15.0 Å². The van der Waals surface area contributed by atoms with E-state index in [1.165, 1.54) is 19.1 Å². The molecule has 2 aliphatic rings. The highest BCUT2D eigenvalue weighted by Crippen LogP contribution is 2.21. The van der Waals surface area contributed by atoms with E-state index in [0.29, 0.717) is 50.4 Å². The van der Waals surface area contributed by atoms with Crippen LogP contribution in [0, 0.1) is 5.92 Å². The lowest BCUT2D eigenvalue weighted by molar-refractivity contribution is -0.132. The van der Waals surface area contributed by atoms with Gasteiger partial charge in [-0.3, -0.25) is 19.3 Å². The molecule has 0 radical (unpaired) electrons. The van der Waals surface area contributed by atoms with E-state index in [4.69, 9.17) is 0 Å². The number of carbonyl (C=O) groups is 2. The van der Waals surface area contributed by atoms with Crippen LogP contribution in [0.3, 0.4) is 0 Å². The summed E-state index contributed by atoms with van der Waals surface area (Å²) in [7, 11) is -3.75. The third kappa shape index (κ3) is 5.79. The Kier molecular flexibility index (Phi) is 6.89. The smallest absolute Gasteiger partial charge is 0.262 e. The Bertz CT molecular complexity index is 889. The van der Waals surface area contributed by atoms with Crippen LogP contribution in [0.15, 0.2) is 34.2 Å². The van der Waals surface area contributed by atoms with Gasteiger partial charge in [-0.2, -0.15) is 0 Å². The molecule has 0 saturated carbocycles. The molecule has 158 valence electrons. The Hall–Kier alpha value is -2.42. The molecule has 0 atom stereocenters. The van der Waals surface area contributed by atoms with Crippen LogP contribution in [0.4, 0.5) is 5.69 Å². The first-order valence-corrected chi connectivity index (χ1v) is 11.6. The number of aliphatic imine (C=N–C) groups is 1. The first kappa shape index (κ1) is 21.3. The highest BCUT2D eigenvalue weighted by molar-refractivity contribution is 7.90. The van der Waals surface area contributed by atoms with Gasteiger partial charge in [0, 0.05) is 44.6 Å². The summed E-state index contributed by atoms with van der Waals surface area (Å²) in [6, 6.07) is 6.24. The van der Waals surface area contributed by atoms with Crippen LogP contribution in [0.5, 0.6) is 0 Å². The van der Waals surface area contributed by atoms with Gasteiger partial charge in [0.15, 0.2) is 0 Å². The van der Waals surface area contributed by atoms with Crippen molar-refractivity contribution in [1.82, 2.24) is 9.62 Å². The minimum Gasteiger partial charge on any atom is -0.343 e. The third-order valence-electron chi connectivity index (χ3n) is 5.35. The van der Waals surface area contributed by atoms with Gasteiger partial charge in [0.05, 0.1) is 4.90 Å². The maximum absolute atomic E-state index is 12.7. The van der Waals surface area contributed by atoms with Gasteiger partial charge in [-0.15, -0.1) is 0 Å². The third-order valence-corrected chi connectivity index (χ3v) is 6.73. The fraction of sp³-hybridized carbons (Fsp3) is 0.550. The Balaban J connectivity index is 1.64. The van der Waals surface area contributed by atoms with Crippen LogP contribution < -0.4 is 10.0 Å². The number of nitrogens with zero attached hydrogens (tertiary/aromatic N) is 2. The SMILES string of the molecule is CC(=O)N1CCC(C(=O)Nc2cccc(S(=O)(=O)NC3=NCCCCC3)c2)CC1. The molecule has 1 aromatic carbocycles. The van der Waals surface area contributed by atoms with Crippen molar-refractivity contribution in [2.75, 3.05) is 25.0 Å². The van der Waals surface area contributed by atoms with Gasteiger partial charge in [-0.25, -0.2) is 8.42 Å². The summed E-state index contributed by atoms with van der Waals surface area (Å²) >= 11 is 0. The maximum Gasteiger partial charge on any atom is 0.262 e. The molecule has 29 heavy (non-hydrogen) atoms. The molecule has 2 aliphatic heterocycles. The number of likely N-dealkylation sites (tertiary alicyclic amines) is 1. The zero-order chi connectivity index (χ0) is 20.9. The second kappa shape index (κ2) is 9.39. The molecule has 3 rings (SSSR count). The molecule has 2 heterocycles. The number of amidine groups is 1. The van der Waals surface area contributed by atoms with Gasteiger partial charge in [-0.05, 0) is 43.9 Å². The molecule has 9 heteroatoms. The topological polar surface area (TPSA) is 108 Å². The second-order valence-corrected chi connectivity index (χ2v) is 9.22. The monoisotopic (exact) mass is 420 g/mol. The lowest BCUT2D eigenvalue weighted by atomic mass is 9.96. The van der Waals surface area contributed by atoms with E-state index < -0.39 is 10.0 Å². The molecule has 0 bridgehead atoms. The van der Waals surface area contributed by atoms with Crippen molar-refractivity contribution >= 4 is 33.4 Å². The van der Waals surface area contributed by atoms with Gasteiger partial charge in [0.25, 0.3) is 10.0 Å². The zero-order valence-electron chi connectivity index (χ0n) is 16.7. The Morgan fingerprint density at radius 2 is 1.90 bits per heavy atom. The summed E-state index contributed by atoms with van der Waals surface area (Å²) in [5, 5.41) is 2.82. The molecule has 0 unspecified atom stereocenters. The van der Waals surface area contributed by atoms with Crippen molar-refractivity contribution in [3.63, 3.8) is 0 Å². The lowest BCUT2D eigenvalue weighted by Crippen LogP contribution is -2.40. The highest BCUT2D eigenvalue weighted by atomic mass is 32.2. The van der Waals surface area contributed by atoms with Gasteiger partial charge in [-0.1, -0.05) is 12.5 Å². The van der Waals surface area contributed by atoms with Crippen LogP contribution in [-0.2, 0) is 19.6 Å². The van der Waals surface area contributed by atoms with Crippen LogP contribution in [-0.4, -0.2) is 50.6 Å². The summed E-state index contributed by atoms with van der Waals surface area (Å²) in [4.78, 5) is 30.1. The standard InChI is InChI=1S/C20H28N4O4S/c1-15(25)24-12-9-16(10-13-24)20(26)22-17-6-5-7-18(14-17)29(27,28)23-19-8-3-2-4-11-21-19/h5-7,14,16H,2-4,8-13H2,1H3,(H,21,23)(H,22,26). The Morgan fingerprint density at radius 3 is 2.62 bits per heavy atom. The highest BCUT2D eigenvalue weighted by Gasteiger charge is 2.26. The number of carbonyl (C=O) groups excluding carboxylic acids is 2. The molecule has 0 aromatic heterocycles. The number of anilines is 1. The van der Waals surface area contributed by atoms with Crippen molar-refractivity contribution in [1.29, 1.82) is 0 Å². The summed E-state index contributed by atoms with van der Waals surface area (Å²) in [6.07, 6.45) is 4.75. The first-order chi connectivity index (χ1) is 13.8. The number of hydrogen-bond acceptors (Lipinski definition) is 5. The van der Waals surface area contributed by atoms with E-state index in [9.17, 15) is 18.0 Å². The predicted molar refractivity (Wildman–Crippen MR) is 111 cm³/mol. The average molecular weight is 421 g/mol. The van der Waals surface area contributed by atoms with Gasteiger partial charge in [0.2, 0.25) is 11.8 Å². The van der Waals surface area contributed by atoms with Crippen molar-refractivity contribution in [3.05, 3.63) is 24.3 Å². The van der Waals surface area contributed by atoms with E-state index in [0.717, 1.165) is 19.3 Å². The number of amides is 2. The van der Waals surface area contributed by atoms with Gasteiger partial charge < -0.3 is 10.2 Å². The largest absolute Gasteiger partial charge is 0.343 e. The number of sulfonamides is 1. The van der Waals surface area contributed by atoms with Crippen molar-refractivity contribution in [2.24, 2.45) is 10.9 Å². The Labute approximate surface area is 171 Å². The minimum absolute atomic E-state index is 0.0209. The molecule has 0 spiro atoms. The quantitative estimate of drug-likeness (QED) is 0.778. The number of piperidine rings is 1. The lowest BCUT2D eigenvalue weighted by Gasteiger charge is -2.30. The van der Waals surface area contributed by atoms with Crippen molar-refractivity contribution in [3.8, 4) is 0 Å². The number of rotatable bonds is 4. The van der Waals surface area contributed by atoms with E-state index in [1.54, 1.807) is 17.0 Å². The predicted octanol–water partition coefficient (Wildman–Crippen LogP) is 2.13. The molecule has 1 fully saturated rings. The summed E-state index contributed by atoms with van der Waals surface area (Å²) in [5.74, 6) is 0.176. The Morgan fingerprint density at radius 1 is 1.14 bits per heavy atom. The van der Waals surface area contributed by atoms with Gasteiger partial charge >= 0.3 is 0 Å². The summed E-state index contributed by atoms with van der Waals surface area (Å²) in [6.45, 7) is 3.29. The fourth-order valence-corrected chi connectivity index (χ4v) is 4.75. The molecular formula is C20H28N4O4S. The molecule has 2 amide bonds. The first-order valence-electron chi connectivity index (χ1n) is 10.1. The molecular weight excluding hydrogens is 392 g/mol. The average Bonchev–Trinajstić information content (AvgIpc) is 2.96. The van der Waals surface area contributed by atoms with E-state index in [1.807, 2.05) is 0 Å². The maximum atomic E-state index is 12.7. The normalized spacial score (nSPS) is 18.5. The zero-order valence-corrected chi connectivity index (χ0v) is 17.5. The number of benzene rings is 1. The summed E-state index contributed by atoms with van der Waals surface area (Å²) in [5.41, 5.74) is 0.440. The number of hydrogen-bond donors (Lipinski definition) is 2. The van der Waals surface area contributed by atoms with Gasteiger partial charge in [0.1, 0.15) is 5.84 Å². The molecule has 0 aliphatic carbocycles. The van der Waals surface area contributed by atoms with Crippen molar-refractivity contribution in [2.45, 2.75) is 50.3 Å². The minimum atomic E-state index is -3.75. The molecule has 8 nitrogen and oxygen atoms in total. The van der Waals surface area contributed by atoms with Crippen LogP contribution >= 0.6 is 0 Å². The van der Waals surface area contributed by atoms with Crippen LogP contribution in [0.25, 0.3) is 0 Å². The molecule has 1 saturated heterocycles. The van der Waals surface area contributed by atoms with E-state index >= 15 is 0 Å².